The van der Waals surface area contributed by atoms with Crippen LogP contribution >= 0.6 is 0 Å². The number of ketones is 1. The van der Waals surface area contributed by atoms with Gasteiger partial charge < -0.3 is 14.6 Å². The number of hydrogen-bond donors (Lipinski definition) is 1. The third-order valence-corrected chi connectivity index (χ3v) is 5.04. The fraction of sp³-hybridized carbons (Fsp3) is 0.565. The number of esters is 1. The third-order valence-electron chi connectivity index (χ3n) is 5.04. The highest BCUT2D eigenvalue weighted by Gasteiger charge is 2.34. The maximum atomic E-state index is 12.8. The molecule has 1 N–H and O–H groups in total. The van der Waals surface area contributed by atoms with Crippen molar-refractivity contribution in [3.63, 3.8) is 0 Å². The molecule has 0 aromatic heterocycles. The van der Waals surface area contributed by atoms with Gasteiger partial charge in [0.15, 0.2) is 0 Å². The molecule has 1 aromatic carbocycles. The number of benzene rings is 1. The van der Waals surface area contributed by atoms with Gasteiger partial charge in [0, 0.05) is 24.0 Å². The van der Waals surface area contributed by atoms with Gasteiger partial charge in [-0.05, 0) is 38.2 Å². The van der Waals surface area contributed by atoms with Gasteiger partial charge in [-0.15, -0.1) is 0 Å². The predicted octanol–water partition coefficient (Wildman–Crippen LogP) is 3.94. The molecule has 0 fully saturated rings. The van der Waals surface area contributed by atoms with Gasteiger partial charge in [-0.25, -0.2) is 4.79 Å². The van der Waals surface area contributed by atoms with E-state index in [-0.39, 0.29) is 11.7 Å². The monoisotopic (exact) mass is 390 g/mol. The Kier molecular flexibility index (Phi) is 10.1. The average Bonchev–Trinajstić information content (AvgIpc) is 2.70. The molecule has 0 heterocycles. The van der Waals surface area contributed by atoms with Crippen LogP contribution in [-0.2, 0) is 25.7 Å². The largest absolute Gasteiger partial charge is 0.466 e. The molecule has 0 amide bonds. The van der Waals surface area contributed by atoms with E-state index < -0.39 is 23.4 Å². The summed E-state index contributed by atoms with van der Waals surface area (Å²) in [5, 5.41) is 10.6. The fourth-order valence-corrected chi connectivity index (χ4v) is 3.10. The molecule has 1 aromatic rings. The summed E-state index contributed by atoms with van der Waals surface area (Å²) in [5.41, 5.74) is 0.282. The van der Waals surface area contributed by atoms with Gasteiger partial charge in [0.2, 0.25) is 0 Å². The van der Waals surface area contributed by atoms with E-state index in [1.807, 2.05) is 37.3 Å². The van der Waals surface area contributed by atoms with Crippen molar-refractivity contribution >= 4 is 11.8 Å². The molecule has 0 saturated heterocycles. The fourth-order valence-electron chi connectivity index (χ4n) is 3.10. The van der Waals surface area contributed by atoms with Crippen molar-refractivity contribution in [1.82, 2.24) is 0 Å². The Balaban J connectivity index is 2.43. The van der Waals surface area contributed by atoms with Crippen LogP contribution in [0.2, 0.25) is 0 Å². The van der Waals surface area contributed by atoms with Crippen LogP contribution in [-0.4, -0.2) is 36.7 Å². The second-order valence-corrected chi connectivity index (χ2v) is 7.88. The minimum atomic E-state index is -0.854. The molecule has 1 rings (SSSR count). The van der Waals surface area contributed by atoms with Crippen LogP contribution in [0.15, 0.2) is 42.5 Å². The number of ether oxygens (including phenoxy) is 2. The summed E-state index contributed by atoms with van der Waals surface area (Å²) in [6.07, 6.45) is 3.63. The third kappa shape index (κ3) is 7.95. The molecular weight excluding hydrogens is 356 g/mol. The van der Waals surface area contributed by atoms with Gasteiger partial charge in [-0.3, -0.25) is 4.79 Å². The lowest BCUT2D eigenvalue weighted by Crippen LogP contribution is -2.38. The minimum absolute atomic E-state index is 0.0281. The van der Waals surface area contributed by atoms with E-state index in [1.54, 1.807) is 20.8 Å². The molecule has 0 aliphatic carbocycles. The first-order valence-electron chi connectivity index (χ1n) is 9.80. The summed E-state index contributed by atoms with van der Waals surface area (Å²) in [4.78, 5) is 24.0. The van der Waals surface area contributed by atoms with Crippen molar-refractivity contribution in [2.75, 3.05) is 13.7 Å². The second-order valence-electron chi connectivity index (χ2n) is 7.88. The number of aliphatic hydroxyl groups is 1. The van der Waals surface area contributed by atoms with Gasteiger partial charge in [-0.2, -0.15) is 0 Å². The Hall–Kier alpha value is -1.98. The first-order valence-corrected chi connectivity index (χ1v) is 9.80. The zero-order valence-electron chi connectivity index (χ0n) is 17.7. The van der Waals surface area contributed by atoms with E-state index in [4.69, 9.17) is 4.74 Å². The van der Waals surface area contributed by atoms with Crippen LogP contribution in [0, 0.1) is 17.3 Å². The van der Waals surface area contributed by atoms with Crippen LogP contribution in [0.4, 0.5) is 0 Å². The Labute approximate surface area is 168 Å². The Bertz CT molecular complexity index is 636. The smallest absolute Gasteiger partial charge is 0.330 e. The van der Waals surface area contributed by atoms with E-state index in [0.717, 1.165) is 18.4 Å². The van der Waals surface area contributed by atoms with E-state index in [9.17, 15) is 14.7 Å². The van der Waals surface area contributed by atoms with Crippen molar-refractivity contribution in [3.8, 4) is 0 Å². The average molecular weight is 391 g/mol. The molecule has 156 valence electrons. The van der Waals surface area contributed by atoms with Gasteiger partial charge in [0.1, 0.15) is 5.78 Å². The number of methoxy groups -OCH3 is 1. The molecule has 28 heavy (non-hydrogen) atoms. The number of carbonyl (C=O) groups excluding carboxylic acids is 2. The highest BCUT2D eigenvalue weighted by Crippen LogP contribution is 2.28. The summed E-state index contributed by atoms with van der Waals surface area (Å²) in [6.45, 7) is 8.35. The minimum Gasteiger partial charge on any atom is -0.466 e. The number of allylic oxidation sites excluding steroid dienone is 1. The molecule has 3 atom stereocenters. The zero-order chi connectivity index (χ0) is 21.2. The predicted molar refractivity (Wildman–Crippen MR) is 110 cm³/mol. The van der Waals surface area contributed by atoms with Gasteiger partial charge in [-0.1, -0.05) is 50.3 Å². The normalized spacial score (nSPS) is 15.2. The van der Waals surface area contributed by atoms with E-state index >= 15 is 0 Å². The highest BCUT2D eigenvalue weighted by molar-refractivity contribution is 5.90. The molecule has 0 saturated carbocycles. The zero-order valence-corrected chi connectivity index (χ0v) is 17.7. The molecule has 0 bridgehead atoms. The number of hydrogen-bond acceptors (Lipinski definition) is 5. The van der Waals surface area contributed by atoms with Gasteiger partial charge in [0.05, 0.1) is 19.8 Å². The lowest BCUT2D eigenvalue weighted by Gasteiger charge is -2.29. The number of aliphatic hydroxyl groups excluding tert-OH is 1. The maximum absolute atomic E-state index is 12.8. The Morgan fingerprint density at radius 1 is 1.18 bits per heavy atom. The summed E-state index contributed by atoms with van der Waals surface area (Å²) < 4.78 is 10.2. The molecule has 0 spiro atoms. The molecule has 0 unspecified atom stereocenters. The molecule has 0 radical (unpaired) electrons. The van der Waals surface area contributed by atoms with Crippen LogP contribution in [0.25, 0.3) is 0 Å². The quantitative estimate of drug-likeness (QED) is 0.332. The van der Waals surface area contributed by atoms with Crippen LogP contribution in [0.1, 0.15) is 46.1 Å². The van der Waals surface area contributed by atoms with Crippen LogP contribution in [0.3, 0.4) is 0 Å². The van der Waals surface area contributed by atoms with Crippen molar-refractivity contribution in [2.45, 2.75) is 53.2 Å². The molecule has 5 heteroatoms. The van der Waals surface area contributed by atoms with Gasteiger partial charge >= 0.3 is 5.97 Å². The number of carbonyl (C=O) groups is 2. The van der Waals surface area contributed by atoms with Crippen molar-refractivity contribution in [1.29, 1.82) is 0 Å². The molecule has 0 aliphatic rings. The Morgan fingerprint density at radius 3 is 2.43 bits per heavy atom. The van der Waals surface area contributed by atoms with Crippen LogP contribution < -0.4 is 0 Å². The summed E-state index contributed by atoms with van der Waals surface area (Å²) in [5.74, 6) is -1.16. The Morgan fingerprint density at radius 2 is 1.82 bits per heavy atom. The van der Waals surface area contributed by atoms with Crippen LogP contribution in [0.5, 0.6) is 0 Å². The molecule has 0 aliphatic heterocycles. The lowest BCUT2D eigenvalue weighted by atomic mass is 9.76. The van der Waals surface area contributed by atoms with Gasteiger partial charge in [0.25, 0.3) is 0 Å². The summed E-state index contributed by atoms with van der Waals surface area (Å²) in [6, 6.07) is 9.99. The van der Waals surface area contributed by atoms with E-state index in [1.165, 1.54) is 19.3 Å². The first kappa shape index (κ1) is 24.1. The SMILES string of the molecule is COC(=O)C=CC(C)(C)C(=O)[C@H](C)[C@@H](O)[C@@H](C)CCCOCc1ccccc1. The number of rotatable bonds is 12. The highest BCUT2D eigenvalue weighted by atomic mass is 16.5. The molecule has 5 nitrogen and oxygen atoms in total. The second kappa shape index (κ2) is 11.8. The summed E-state index contributed by atoms with van der Waals surface area (Å²) >= 11 is 0. The lowest BCUT2D eigenvalue weighted by molar-refractivity contribution is -0.134. The van der Waals surface area contributed by atoms with Crippen molar-refractivity contribution in [2.24, 2.45) is 17.3 Å². The van der Waals surface area contributed by atoms with Crippen molar-refractivity contribution < 1.29 is 24.2 Å². The van der Waals surface area contributed by atoms with E-state index in [0.29, 0.717) is 13.2 Å². The summed E-state index contributed by atoms with van der Waals surface area (Å²) in [7, 11) is 1.29. The van der Waals surface area contributed by atoms with E-state index in [2.05, 4.69) is 4.74 Å². The standard InChI is InChI=1S/C23H34O5/c1-17(10-9-15-28-16-19-11-7-6-8-12-19)21(25)18(2)22(26)23(3,4)14-13-20(24)27-5/h6-8,11-14,17-18,21,25H,9-10,15-16H2,1-5H3/t17-,18+,21-/m0/s1. The molecular formula is C23H34O5. The van der Waals surface area contributed by atoms with Crippen molar-refractivity contribution in [3.05, 3.63) is 48.0 Å². The first-order chi connectivity index (χ1) is 13.2. The maximum Gasteiger partial charge on any atom is 0.330 e. The number of Topliss-reactive ketones (excluding diaryl/α,β-unsaturated/α-hetero) is 1. The topological polar surface area (TPSA) is 72.8 Å².